The molecule has 7 heteroatoms. The van der Waals surface area contributed by atoms with Crippen LogP contribution in [-0.2, 0) is 4.79 Å². The summed E-state index contributed by atoms with van der Waals surface area (Å²) >= 11 is 3.25. The summed E-state index contributed by atoms with van der Waals surface area (Å²) in [7, 11) is 0. The van der Waals surface area contributed by atoms with Crippen molar-refractivity contribution in [3.8, 4) is 0 Å². The number of carbonyl (C=O) groups is 1. The van der Waals surface area contributed by atoms with Gasteiger partial charge in [0.15, 0.2) is 10.8 Å². The normalized spacial score (nSPS) is 13.8. The number of rotatable bonds is 3. The zero-order chi connectivity index (χ0) is 19.1. The van der Waals surface area contributed by atoms with Crippen molar-refractivity contribution in [3.05, 3.63) is 60.2 Å². The maximum atomic E-state index is 12.9. The van der Waals surface area contributed by atoms with E-state index in [2.05, 4.69) is 35.3 Å². The molecular formula is C21H18N4OS2. The number of para-hydroxylation sites is 2. The van der Waals surface area contributed by atoms with Gasteiger partial charge < -0.3 is 4.90 Å². The second kappa shape index (κ2) is 7.14. The molecule has 140 valence electrons. The van der Waals surface area contributed by atoms with Gasteiger partial charge in [0.05, 0.1) is 17.0 Å². The Morgan fingerprint density at radius 3 is 2.89 bits per heavy atom. The average molecular weight is 407 g/mol. The van der Waals surface area contributed by atoms with Crippen LogP contribution in [0.15, 0.2) is 64.6 Å². The Balaban J connectivity index is 1.44. The molecule has 2 aromatic carbocycles. The number of carbonyl (C=O) groups excluding carboxylic acids is 1. The fourth-order valence-corrected chi connectivity index (χ4v) is 5.42. The third-order valence-electron chi connectivity index (χ3n) is 4.93. The van der Waals surface area contributed by atoms with E-state index in [1.165, 1.54) is 27.6 Å². The molecular weight excluding hydrogens is 388 g/mol. The number of thioether (sulfide) groups is 2. The van der Waals surface area contributed by atoms with E-state index in [1.807, 2.05) is 45.7 Å². The van der Waals surface area contributed by atoms with Gasteiger partial charge >= 0.3 is 0 Å². The molecule has 1 aliphatic heterocycles. The second-order valence-electron chi connectivity index (χ2n) is 6.67. The Labute approximate surface area is 171 Å². The van der Waals surface area contributed by atoms with Gasteiger partial charge in [-0.1, -0.05) is 42.1 Å². The number of amides is 1. The maximum Gasteiger partial charge on any atom is 0.237 e. The van der Waals surface area contributed by atoms with E-state index >= 15 is 0 Å². The molecule has 0 saturated heterocycles. The predicted molar refractivity (Wildman–Crippen MR) is 115 cm³/mol. The average Bonchev–Trinajstić information content (AvgIpc) is 3.14. The summed E-state index contributed by atoms with van der Waals surface area (Å²) in [5.41, 5.74) is 4.06. The van der Waals surface area contributed by atoms with E-state index in [9.17, 15) is 4.79 Å². The van der Waals surface area contributed by atoms with Crippen LogP contribution in [0.3, 0.4) is 0 Å². The minimum Gasteiger partial charge on any atom is -0.310 e. The molecule has 2 aromatic heterocycles. The molecule has 3 heterocycles. The van der Waals surface area contributed by atoms with Crippen LogP contribution in [0.5, 0.6) is 0 Å². The number of pyridine rings is 1. The van der Waals surface area contributed by atoms with E-state index in [-0.39, 0.29) is 5.91 Å². The molecule has 0 bridgehead atoms. The number of hydrogen-bond donors (Lipinski definition) is 0. The zero-order valence-electron chi connectivity index (χ0n) is 15.3. The minimum absolute atomic E-state index is 0.103. The number of fused-ring (bicyclic) bond motifs is 4. The largest absolute Gasteiger partial charge is 0.310 e. The Kier molecular flexibility index (Phi) is 4.49. The monoisotopic (exact) mass is 406 g/mol. The first kappa shape index (κ1) is 17.6. The van der Waals surface area contributed by atoms with Crippen LogP contribution in [0.25, 0.3) is 16.6 Å². The summed E-state index contributed by atoms with van der Waals surface area (Å²) in [5.74, 6) is 1.36. The molecule has 0 atom stereocenters. The summed E-state index contributed by atoms with van der Waals surface area (Å²) in [6.07, 6.45) is 0. The molecule has 4 aromatic rings. The van der Waals surface area contributed by atoms with Crippen molar-refractivity contribution in [1.29, 1.82) is 0 Å². The quantitative estimate of drug-likeness (QED) is 0.471. The van der Waals surface area contributed by atoms with Crippen LogP contribution in [0.1, 0.15) is 5.56 Å². The summed E-state index contributed by atoms with van der Waals surface area (Å²) in [6, 6.07) is 18.4. The molecule has 5 rings (SSSR count). The summed E-state index contributed by atoms with van der Waals surface area (Å²) in [6.45, 7) is 2.82. The van der Waals surface area contributed by atoms with Crippen molar-refractivity contribution in [1.82, 2.24) is 14.6 Å². The van der Waals surface area contributed by atoms with E-state index in [0.29, 0.717) is 5.75 Å². The molecule has 0 N–H and O–H groups in total. The lowest BCUT2D eigenvalue weighted by molar-refractivity contribution is -0.116. The standard InChI is InChI=1S/C21H18N4OS2/c1-14-12-19-22-23-21(25(19)16-7-3-2-6-15(14)16)28-13-20(26)24-10-11-27-18-9-5-4-8-17(18)24/h2-9,12H,10-11,13H2,1H3. The van der Waals surface area contributed by atoms with Crippen LogP contribution in [0, 0.1) is 6.92 Å². The van der Waals surface area contributed by atoms with Crippen LogP contribution < -0.4 is 4.90 Å². The van der Waals surface area contributed by atoms with Gasteiger partial charge in [0, 0.05) is 22.6 Å². The summed E-state index contributed by atoms with van der Waals surface area (Å²) < 4.78 is 2.04. The Hall–Kier alpha value is -2.51. The molecule has 0 unspecified atom stereocenters. The highest BCUT2D eigenvalue weighted by Crippen LogP contribution is 2.35. The highest BCUT2D eigenvalue weighted by atomic mass is 32.2. The van der Waals surface area contributed by atoms with E-state index < -0.39 is 0 Å². The molecule has 1 aliphatic rings. The third kappa shape index (κ3) is 2.95. The number of aromatic nitrogens is 3. The summed E-state index contributed by atoms with van der Waals surface area (Å²) in [4.78, 5) is 16.0. The number of hydrogen-bond acceptors (Lipinski definition) is 5. The van der Waals surface area contributed by atoms with Crippen LogP contribution in [0.2, 0.25) is 0 Å². The SMILES string of the molecule is Cc1cc2nnc(SCC(=O)N3CCSc4ccccc43)n2c2ccccc12. The van der Waals surface area contributed by atoms with Crippen molar-refractivity contribution in [2.24, 2.45) is 0 Å². The van der Waals surface area contributed by atoms with Gasteiger partial charge in [0.25, 0.3) is 0 Å². The molecule has 0 saturated carbocycles. The van der Waals surface area contributed by atoms with Gasteiger partial charge in [-0.2, -0.15) is 0 Å². The fraction of sp³-hybridized carbons (Fsp3) is 0.190. The van der Waals surface area contributed by atoms with Crippen molar-refractivity contribution in [2.75, 3.05) is 23.0 Å². The first-order chi connectivity index (χ1) is 13.7. The van der Waals surface area contributed by atoms with Crippen LogP contribution >= 0.6 is 23.5 Å². The smallest absolute Gasteiger partial charge is 0.237 e. The predicted octanol–water partition coefficient (Wildman–Crippen LogP) is 4.42. The highest BCUT2D eigenvalue weighted by Gasteiger charge is 2.23. The summed E-state index contributed by atoms with van der Waals surface area (Å²) in [5, 5.41) is 10.6. The van der Waals surface area contributed by atoms with Crippen molar-refractivity contribution >= 4 is 51.7 Å². The topological polar surface area (TPSA) is 50.5 Å². The van der Waals surface area contributed by atoms with E-state index in [0.717, 1.165) is 34.3 Å². The molecule has 5 nitrogen and oxygen atoms in total. The molecule has 28 heavy (non-hydrogen) atoms. The van der Waals surface area contributed by atoms with Gasteiger partial charge in [-0.25, -0.2) is 0 Å². The van der Waals surface area contributed by atoms with Gasteiger partial charge in [0.2, 0.25) is 5.91 Å². The first-order valence-electron chi connectivity index (χ1n) is 9.11. The number of aryl methyl sites for hydroxylation is 1. The molecule has 0 spiro atoms. The first-order valence-corrected chi connectivity index (χ1v) is 11.1. The van der Waals surface area contributed by atoms with Crippen molar-refractivity contribution in [2.45, 2.75) is 17.0 Å². The third-order valence-corrected chi connectivity index (χ3v) is 6.88. The maximum absolute atomic E-state index is 12.9. The van der Waals surface area contributed by atoms with Gasteiger partial charge in [-0.05, 0) is 36.8 Å². The molecule has 0 fully saturated rings. The number of anilines is 1. The Bertz CT molecular complexity index is 1200. The minimum atomic E-state index is 0.103. The van der Waals surface area contributed by atoms with Crippen molar-refractivity contribution in [3.63, 3.8) is 0 Å². The molecule has 0 aliphatic carbocycles. The molecule has 0 radical (unpaired) electrons. The lowest BCUT2D eigenvalue weighted by Gasteiger charge is -2.28. The molecule has 1 amide bonds. The Morgan fingerprint density at radius 1 is 1.14 bits per heavy atom. The number of nitrogens with zero attached hydrogens (tertiary/aromatic N) is 4. The lowest BCUT2D eigenvalue weighted by Crippen LogP contribution is -2.36. The van der Waals surface area contributed by atoms with Crippen LogP contribution in [-0.4, -0.2) is 38.6 Å². The zero-order valence-corrected chi connectivity index (χ0v) is 17.0. The van der Waals surface area contributed by atoms with Crippen LogP contribution in [0.4, 0.5) is 5.69 Å². The fourth-order valence-electron chi connectivity index (χ4n) is 3.60. The second-order valence-corrected chi connectivity index (χ2v) is 8.75. The number of benzene rings is 2. The lowest BCUT2D eigenvalue weighted by atomic mass is 10.1. The van der Waals surface area contributed by atoms with E-state index in [1.54, 1.807) is 11.8 Å². The highest BCUT2D eigenvalue weighted by molar-refractivity contribution is 8.00. The van der Waals surface area contributed by atoms with Gasteiger partial charge in [-0.15, -0.1) is 22.0 Å². The van der Waals surface area contributed by atoms with Crippen molar-refractivity contribution < 1.29 is 4.79 Å². The Morgan fingerprint density at radius 2 is 1.96 bits per heavy atom. The van der Waals surface area contributed by atoms with E-state index in [4.69, 9.17) is 0 Å². The van der Waals surface area contributed by atoms with Gasteiger partial charge in [0.1, 0.15) is 0 Å². The van der Waals surface area contributed by atoms with Gasteiger partial charge in [-0.3, -0.25) is 9.20 Å².